The third kappa shape index (κ3) is 2.56. The Hall–Kier alpha value is -1.81. The SMILES string of the molecule is CNC(=O)CN1CCC(c2c[nH]c3ccccc23)CC1. The van der Waals surface area contributed by atoms with Crippen LogP contribution in [-0.2, 0) is 4.79 Å². The summed E-state index contributed by atoms with van der Waals surface area (Å²) in [5.41, 5.74) is 2.65. The van der Waals surface area contributed by atoms with Gasteiger partial charge in [0.2, 0.25) is 5.91 Å². The summed E-state index contributed by atoms with van der Waals surface area (Å²) in [6.45, 7) is 2.52. The lowest BCUT2D eigenvalue weighted by atomic mass is 9.89. The Bertz CT molecular complexity index is 597. The molecule has 1 saturated heterocycles. The maximum Gasteiger partial charge on any atom is 0.233 e. The number of likely N-dealkylation sites (N-methyl/N-ethyl adjacent to an activating group) is 1. The number of carbonyl (C=O) groups excluding carboxylic acids is 1. The van der Waals surface area contributed by atoms with Crippen molar-refractivity contribution in [2.45, 2.75) is 18.8 Å². The van der Waals surface area contributed by atoms with E-state index in [-0.39, 0.29) is 5.91 Å². The molecule has 1 aromatic heterocycles. The van der Waals surface area contributed by atoms with E-state index in [4.69, 9.17) is 0 Å². The van der Waals surface area contributed by atoms with Gasteiger partial charge in [0.25, 0.3) is 0 Å². The second kappa shape index (κ2) is 5.67. The average Bonchev–Trinajstić information content (AvgIpc) is 2.92. The Morgan fingerprint density at radius 1 is 1.35 bits per heavy atom. The number of piperidine rings is 1. The van der Waals surface area contributed by atoms with Gasteiger partial charge in [0.15, 0.2) is 0 Å². The smallest absolute Gasteiger partial charge is 0.233 e. The molecule has 0 aliphatic carbocycles. The maximum absolute atomic E-state index is 11.4. The van der Waals surface area contributed by atoms with E-state index in [0.717, 1.165) is 25.9 Å². The number of nitrogens with one attached hydrogen (secondary N) is 2. The quantitative estimate of drug-likeness (QED) is 0.898. The molecule has 1 aliphatic heterocycles. The number of amides is 1. The highest BCUT2D eigenvalue weighted by atomic mass is 16.1. The molecule has 0 saturated carbocycles. The van der Waals surface area contributed by atoms with Gasteiger partial charge in [0, 0.05) is 24.1 Å². The van der Waals surface area contributed by atoms with Gasteiger partial charge >= 0.3 is 0 Å². The second-order valence-corrected chi connectivity index (χ2v) is 5.51. The fourth-order valence-corrected chi connectivity index (χ4v) is 3.12. The fourth-order valence-electron chi connectivity index (χ4n) is 3.12. The van der Waals surface area contributed by atoms with Gasteiger partial charge in [-0.15, -0.1) is 0 Å². The minimum atomic E-state index is 0.107. The first kappa shape index (κ1) is 13.2. The van der Waals surface area contributed by atoms with Crippen LogP contribution in [0.15, 0.2) is 30.5 Å². The van der Waals surface area contributed by atoms with Crippen LogP contribution in [0.2, 0.25) is 0 Å². The predicted octanol–water partition coefficient (Wildman–Crippen LogP) is 2.09. The van der Waals surface area contributed by atoms with Gasteiger partial charge in [-0.05, 0) is 43.5 Å². The normalized spacial score (nSPS) is 17.4. The first-order chi connectivity index (χ1) is 9.78. The Labute approximate surface area is 119 Å². The van der Waals surface area contributed by atoms with Crippen LogP contribution in [-0.4, -0.2) is 42.5 Å². The van der Waals surface area contributed by atoms with Crippen LogP contribution in [0.3, 0.4) is 0 Å². The van der Waals surface area contributed by atoms with Crippen molar-refractivity contribution in [2.24, 2.45) is 0 Å². The molecular weight excluding hydrogens is 250 g/mol. The highest BCUT2D eigenvalue weighted by molar-refractivity contribution is 5.83. The fraction of sp³-hybridized carbons (Fsp3) is 0.438. The van der Waals surface area contributed by atoms with Gasteiger partial charge in [-0.3, -0.25) is 9.69 Å². The highest BCUT2D eigenvalue weighted by Crippen LogP contribution is 2.32. The minimum absolute atomic E-state index is 0.107. The number of hydrogen-bond acceptors (Lipinski definition) is 2. The van der Waals surface area contributed by atoms with Crippen LogP contribution in [0.4, 0.5) is 0 Å². The van der Waals surface area contributed by atoms with Gasteiger partial charge < -0.3 is 10.3 Å². The van der Waals surface area contributed by atoms with Crippen molar-refractivity contribution < 1.29 is 4.79 Å². The Balaban J connectivity index is 1.67. The molecule has 0 bridgehead atoms. The Morgan fingerprint density at radius 2 is 2.10 bits per heavy atom. The number of nitrogens with zero attached hydrogens (tertiary/aromatic N) is 1. The summed E-state index contributed by atoms with van der Waals surface area (Å²) in [5, 5.41) is 4.03. The number of para-hydroxylation sites is 1. The van der Waals surface area contributed by atoms with Crippen molar-refractivity contribution >= 4 is 16.8 Å². The van der Waals surface area contributed by atoms with Crippen molar-refractivity contribution in [2.75, 3.05) is 26.7 Å². The number of benzene rings is 1. The van der Waals surface area contributed by atoms with Gasteiger partial charge in [-0.2, -0.15) is 0 Å². The summed E-state index contributed by atoms with van der Waals surface area (Å²) >= 11 is 0. The van der Waals surface area contributed by atoms with Crippen LogP contribution in [0, 0.1) is 0 Å². The van der Waals surface area contributed by atoms with Crippen molar-refractivity contribution in [3.63, 3.8) is 0 Å². The third-order valence-corrected chi connectivity index (χ3v) is 4.29. The first-order valence-corrected chi connectivity index (χ1v) is 7.27. The van der Waals surface area contributed by atoms with E-state index in [0.29, 0.717) is 12.5 Å². The van der Waals surface area contributed by atoms with Crippen molar-refractivity contribution in [3.05, 3.63) is 36.0 Å². The van der Waals surface area contributed by atoms with Crippen LogP contribution >= 0.6 is 0 Å². The number of aromatic amines is 1. The number of fused-ring (bicyclic) bond motifs is 1. The molecule has 1 fully saturated rings. The number of rotatable bonds is 3. The molecule has 4 nitrogen and oxygen atoms in total. The molecule has 0 unspecified atom stereocenters. The van der Waals surface area contributed by atoms with Crippen LogP contribution < -0.4 is 5.32 Å². The lowest BCUT2D eigenvalue weighted by Crippen LogP contribution is -2.40. The van der Waals surface area contributed by atoms with Gasteiger partial charge in [-0.1, -0.05) is 18.2 Å². The van der Waals surface area contributed by atoms with Gasteiger partial charge in [0.1, 0.15) is 0 Å². The van der Waals surface area contributed by atoms with E-state index in [2.05, 4.69) is 45.7 Å². The maximum atomic E-state index is 11.4. The zero-order valence-electron chi connectivity index (χ0n) is 11.9. The van der Waals surface area contributed by atoms with Crippen molar-refractivity contribution in [1.82, 2.24) is 15.2 Å². The molecule has 0 atom stereocenters. The lowest BCUT2D eigenvalue weighted by molar-refractivity contribution is -0.122. The summed E-state index contributed by atoms with van der Waals surface area (Å²) in [7, 11) is 1.70. The largest absolute Gasteiger partial charge is 0.361 e. The number of aromatic nitrogens is 1. The molecule has 20 heavy (non-hydrogen) atoms. The van der Waals surface area contributed by atoms with Crippen LogP contribution in [0.1, 0.15) is 24.3 Å². The second-order valence-electron chi connectivity index (χ2n) is 5.51. The Kier molecular flexibility index (Phi) is 3.74. The molecule has 1 aliphatic rings. The highest BCUT2D eigenvalue weighted by Gasteiger charge is 2.23. The monoisotopic (exact) mass is 271 g/mol. The summed E-state index contributed by atoms with van der Waals surface area (Å²) < 4.78 is 0. The molecular formula is C16H21N3O. The summed E-state index contributed by atoms with van der Waals surface area (Å²) in [6.07, 6.45) is 4.40. The topological polar surface area (TPSA) is 48.1 Å². The molecule has 2 aromatic rings. The molecule has 4 heteroatoms. The van der Waals surface area contributed by atoms with Crippen molar-refractivity contribution in [3.8, 4) is 0 Å². The molecule has 2 heterocycles. The molecule has 3 rings (SSSR count). The zero-order valence-corrected chi connectivity index (χ0v) is 11.9. The molecule has 1 amide bonds. The minimum Gasteiger partial charge on any atom is -0.361 e. The van der Waals surface area contributed by atoms with Gasteiger partial charge in [-0.25, -0.2) is 0 Å². The molecule has 0 spiro atoms. The van der Waals surface area contributed by atoms with Gasteiger partial charge in [0.05, 0.1) is 6.54 Å². The average molecular weight is 271 g/mol. The summed E-state index contributed by atoms with van der Waals surface area (Å²) in [4.78, 5) is 17.0. The van der Waals surface area contributed by atoms with Crippen molar-refractivity contribution in [1.29, 1.82) is 0 Å². The first-order valence-electron chi connectivity index (χ1n) is 7.27. The standard InChI is InChI=1S/C16H21N3O/c1-17-16(20)11-19-8-6-12(7-9-19)14-10-18-15-5-3-2-4-13(14)15/h2-5,10,12,18H,6-9,11H2,1H3,(H,17,20). The van der Waals surface area contributed by atoms with E-state index < -0.39 is 0 Å². The van der Waals surface area contributed by atoms with E-state index in [1.807, 2.05) is 0 Å². The molecule has 2 N–H and O–H groups in total. The molecule has 0 radical (unpaired) electrons. The molecule has 106 valence electrons. The number of carbonyl (C=O) groups is 1. The third-order valence-electron chi connectivity index (χ3n) is 4.29. The van der Waals surface area contributed by atoms with E-state index in [1.165, 1.54) is 16.5 Å². The summed E-state index contributed by atoms with van der Waals surface area (Å²) in [6, 6.07) is 8.48. The van der Waals surface area contributed by atoms with Crippen LogP contribution in [0.25, 0.3) is 10.9 Å². The summed E-state index contributed by atoms with van der Waals surface area (Å²) in [5.74, 6) is 0.711. The van der Waals surface area contributed by atoms with E-state index in [1.54, 1.807) is 7.05 Å². The van der Waals surface area contributed by atoms with E-state index >= 15 is 0 Å². The molecule has 1 aromatic carbocycles. The number of likely N-dealkylation sites (tertiary alicyclic amines) is 1. The van der Waals surface area contributed by atoms with E-state index in [9.17, 15) is 4.79 Å². The zero-order chi connectivity index (χ0) is 13.9. The predicted molar refractivity (Wildman–Crippen MR) is 80.8 cm³/mol. The number of hydrogen-bond donors (Lipinski definition) is 2. The number of H-pyrrole nitrogens is 1. The van der Waals surface area contributed by atoms with Crippen LogP contribution in [0.5, 0.6) is 0 Å². The lowest BCUT2D eigenvalue weighted by Gasteiger charge is -2.31. The Morgan fingerprint density at radius 3 is 2.85 bits per heavy atom.